The van der Waals surface area contributed by atoms with Crippen LogP contribution in [0.2, 0.25) is 0 Å². The molecule has 1 aromatic rings. The van der Waals surface area contributed by atoms with E-state index >= 15 is 0 Å². The van der Waals surface area contributed by atoms with E-state index in [0.29, 0.717) is 17.6 Å². The summed E-state index contributed by atoms with van der Waals surface area (Å²) in [6.45, 7) is 3.48. The Bertz CT molecular complexity index is 404. The van der Waals surface area contributed by atoms with Gasteiger partial charge in [-0.3, -0.25) is 0 Å². The average molecular weight is 250 g/mol. The molecule has 16 heavy (non-hydrogen) atoms. The van der Waals surface area contributed by atoms with Gasteiger partial charge in [-0.15, -0.1) is 0 Å². The molecule has 1 aromatic carbocycles. The molecule has 0 aromatic heterocycles. The van der Waals surface area contributed by atoms with Gasteiger partial charge in [-0.1, -0.05) is 26.0 Å². The SMILES string of the molecule is CCP(=O)(CC)c1cccc(C(F)(F)F)c1. The summed E-state index contributed by atoms with van der Waals surface area (Å²) in [7, 11) is -2.63. The van der Waals surface area contributed by atoms with Gasteiger partial charge < -0.3 is 4.57 Å². The van der Waals surface area contributed by atoms with E-state index in [4.69, 9.17) is 0 Å². The second-order valence-electron chi connectivity index (χ2n) is 3.57. The summed E-state index contributed by atoms with van der Waals surface area (Å²) in [5.41, 5.74) is -0.730. The number of hydrogen-bond donors (Lipinski definition) is 0. The second kappa shape index (κ2) is 4.62. The molecule has 1 nitrogen and oxygen atoms in total. The van der Waals surface area contributed by atoms with E-state index in [1.807, 2.05) is 0 Å². The highest BCUT2D eigenvalue weighted by molar-refractivity contribution is 7.71. The average Bonchev–Trinajstić information content (AvgIpc) is 2.27. The molecule has 5 heteroatoms. The van der Waals surface area contributed by atoms with Gasteiger partial charge in [0, 0.05) is 17.6 Å². The van der Waals surface area contributed by atoms with Crippen LogP contribution in [-0.2, 0) is 10.7 Å². The zero-order valence-corrected chi connectivity index (χ0v) is 10.1. The Hall–Kier alpha value is -0.760. The summed E-state index contributed by atoms with van der Waals surface area (Å²) >= 11 is 0. The lowest BCUT2D eigenvalue weighted by molar-refractivity contribution is -0.137. The Morgan fingerprint density at radius 3 is 2.19 bits per heavy atom. The molecule has 0 N–H and O–H groups in total. The van der Waals surface area contributed by atoms with Crippen molar-refractivity contribution < 1.29 is 17.7 Å². The lowest BCUT2D eigenvalue weighted by Crippen LogP contribution is -2.13. The summed E-state index contributed by atoms with van der Waals surface area (Å²) in [5, 5.41) is 0.326. The molecule has 0 saturated heterocycles. The molecule has 0 amide bonds. The van der Waals surface area contributed by atoms with Gasteiger partial charge in [0.1, 0.15) is 7.14 Å². The van der Waals surface area contributed by atoms with Crippen molar-refractivity contribution in [2.45, 2.75) is 20.0 Å². The van der Waals surface area contributed by atoms with Gasteiger partial charge in [-0.2, -0.15) is 13.2 Å². The first-order chi connectivity index (χ1) is 7.33. The second-order valence-corrected chi connectivity index (χ2v) is 7.13. The van der Waals surface area contributed by atoms with Crippen LogP contribution in [0.1, 0.15) is 19.4 Å². The third-order valence-electron chi connectivity index (χ3n) is 2.67. The van der Waals surface area contributed by atoms with Gasteiger partial charge in [0.25, 0.3) is 0 Å². The van der Waals surface area contributed by atoms with Gasteiger partial charge in [0.2, 0.25) is 0 Å². The van der Waals surface area contributed by atoms with E-state index < -0.39 is 18.9 Å². The van der Waals surface area contributed by atoms with Crippen molar-refractivity contribution in [3.63, 3.8) is 0 Å². The van der Waals surface area contributed by atoms with Crippen molar-refractivity contribution in [3.05, 3.63) is 29.8 Å². The minimum atomic E-state index is -4.37. The Kier molecular flexibility index (Phi) is 3.84. The lowest BCUT2D eigenvalue weighted by Gasteiger charge is -2.16. The third-order valence-corrected chi connectivity index (χ3v) is 5.93. The zero-order valence-electron chi connectivity index (χ0n) is 9.21. The quantitative estimate of drug-likeness (QED) is 0.747. The maximum absolute atomic E-state index is 12.5. The number of rotatable bonds is 3. The Morgan fingerprint density at radius 1 is 1.19 bits per heavy atom. The molecule has 0 spiro atoms. The van der Waals surface area contributed by atoms with Gasteiger partial charge in [-0.05, 0) is 12.1 Å². The lowest BCUT2D eigenvalue weighted by atomic mass is 10.2. The predicted octanol–water partition coefficient (Wildman–Crippen LogP) is 3.73. The molecule has 1 rings (SSSR count). The number of alkyl halides is 3. The van der Waals surface area contributed by atoms with Gasteiger partial charge in [-0.25, -0.2) is 0 Å². The fourth-order valence-corrected chi connectivity index (χ4v) is 3.43. The maximum Gasteiger partial charge on any atom is 0.416 e. The first-order valence-corrected chi connectivity index (χ1v) is 7.17. The molecule has 0 radical (unpaired) electrons. The first-order valence-electron chi connectivity index (χ1n) is 5.09. The first kappa shape index (κ1) is 13.3. The van der Waals surface area contributed by atoms with Gasteiger partial charge >= 0.3 is 6.18 Å². The van der Waals surface area contributed by atoms with Crippen LogP contribution in [0.25, 0.3) is 0 Å². The van der Waals surface area contributed by atoms with E-state index in [1.54, 1.807) is 13.8 Å². The number of hydrogen-bond acceptors (Lipinski definition) is 1. The van der Waals surface area contributed by atoms with E-state index in [2.05, 4.69) is 0 Å². The van der Waals surface area contributed by atoms with Crippen LogP contribution in [0.5, 0.6) is 0 Å². The van der Waals surface area contributed by atoms with Crippen LogP contribution in [0.3, 0.4) is 0 Å². The monoisotopic (exact) mass is 250 g/mol. The molecular weight excluding hydrogens is 236 g/mol. The zero-order chi connectivity index (χ0) is 12.4. The number of benzene rings is 1. The standard InChI is InChI=1S/C11H14F3OP/c1-3-16(15,4-2)10-7-5-6-9(8-10)11(12,13)14/h5-8H,3-4H2,1-2H3. The topological polar surface area (TPSA) is 17.1 Å². The molecule has 90 valence electrons. The van der Waals surface area contributed by atoms with Crippen LogP contribution in [0, 0.1) is 0 Å². The molecule has 0 atom stereocenters. The van der Waals surface area contributed by atoms with Crippen LogP contribution in [-0.4, -0.2) is 12.3 Å². The fraction of sp³-hybridized carbons (Fsp3) is 0.455. The van der Waals surface area contributed by atoms with E-state index in [0.717, 1.165) is 12.1 Å². The minimum absolute atomic E-state index is 0.326. The van der Waals surface area contributed by atoms with Crippen LogP contribution < -0.4 is 5.30 Å². The van der Waals surface area contributed by atoms with Crippen molar-refractivity contribution in [2.24, 2.45) is 0 Å². The predicted molar refractivity (Wildman–Crippen MR) is 59.8 cm³/mol. The summed E-state index contributed by atoms with van der Waals surface area (Å²) < 4.78 is 49.7. The molecular formula is C11H14F3OP. The summed E-state index contributed by atoms with van der Waals surface area (Å²) in [6, 6.07) is 4.84. The number of halogens is 3. The Morgan fingerprint density at radius 2 is 1.75 bits per heavy atom. The van der Waals surface area contributed by atoms with Crippen LogP contribution in [0.4, 0.5) is 13.2 Å². The van der Waals surface area contributed by atoms with Gasteiger partial charge in [0.15, 0.2) is 0 Å². The molecule has 0 heterocycles. The normalized spacial score (nSPS) is 12.8. The largest absolute Gasteiger partial charge is 0.416 e. The summed E-state index contributed by atoms with van der Waals surface area (Å²) in [5.74, 6) is 0. The highest BCUT2D eigenvalue weighted by Gasteiger charge is 2.32. The highest BCUT2D eigenvalue weighted by Crippen LogP contribution is 2.44. The van der Waals surface area contributed by atoms with Crippen LogP contribution in [0.15, 0.2) is 24.3 Å². The molecule has 0 aliphatic heterocycles. The molecule has 0 bridgehead atoms. The molecule has 0 aliphatic carbocycles. The molecule has 0 unspecified atom stereocenters. The Balaban J connectivity index is 3.23. The van der Waals surface area contributed by atoms with Crippen LogP contribution >= 0.6 is 7.14 Å². The van der Waals surface area contributed by atoms with Crippen molar-refractivity contribution in [3.8, 4) is 0 Å². The molecule has 0 saturated carbocycles. The van der Waals surface area contributed by atoms with Gasteiger partial charge in [0.05, 0.1) is 5.56 Å². The van der Waals surface area contributed by atoms with Crippen molar-refractivity contribution in [1.29, 1.82) is 0 Å². The van der Waals surface area contributed by atoms with E-state index in [-0.39, 0.29) is 0 Å². The fourth-order valence-electron chi connectivity index (χ4n) is 1.52. The maximum atomic E-state index is 12.5. The highest BCUT2D eigenvalue weighted by atomic mass is 31.2. The van der Waals surface area contributed by atoms with Crippen molar-refractivity contribution in [2.75, 3.05) is 12.3 Å². The Labute approximate surface area is 93.0 Å². The minimum Gasteiger partial charge on any atom is -0.319 e. The van der Waals surface area contributed by atoms with Crippen molar-refractivity contribution >= 4 is 12.4 Å². The van der Waals surface area contributed by atoms with E-state index in [9.17, 15) is 17.7 Å². The summed E-state index contributed by atoms with van der Waals surface area (Å²) in [4.78, 5) is 0. The van der Waals surface area contributed by atoms with E-state index in [1.165, 1.54) is 12.1 Å². The molecule has 0 aliphatic rings. The van der Waals surface area contributed by atoms with Crippen molar-refractivity contribution in [1.82, 2.24) is 0 Å². The molecule has 0 fully saturated rings. The third kappa shape index (κ3) is 2.67. The smallest absolute Gasteiger partial charge is 0.319 e. The summed E-state index contributed by atoms with van der Waals surface area (Å²) in [6.07, 6.45) is -3.59.